The number of hydrogen-bond acceptors (Lipinski definition) is 2. The number of guanidine groups is 1. The summed E-state index contributed by atoms with van der Waals surface area (Å²) in [6.07, 6.45) is 7.10. The van der Waals surface area contributed by atoms with Crippen LogP contribution in [-0.4, -0.2) is 35.1 Å². The molecule has 0 saturated carbocycles. The molecule has 0 radical (unpaired) electrons. The van der Waals surface area contributed by atoms with Crippen LogP contribution in [0.4, 0.5) is 4.39 Å². The lowest BCUT2D eigenvalue weighted by Gasteiger charge is -2.11. The Hall–Kier alpha value is -1.64. The van der Waals surface area contributed by atoms with Gasteiger partial charge >= 0.3 is 0 Å². The Kier molecular flexibility index (Phi) is 10.1. The van der Waals surface area contributed by atoms with Crippen molar-refractivity contribution in [2.75, 3.05) is 19.6 Å². The average Bonchev–Trinajstić information content (AvgIpc) is 3.06. The van der Waals surface area contributed by atoms with Crippen LogP contribution >= 0.6 is 24.0 Å². The van der Waals surface area contributed by atoms with E-state index in [-0.39, 0.29) is 29.8 Å². The first kappa shape index (κ1) is 20.4. The molecule has 24 heavy (non-hydrogen) atoms. The molecular weight excluding hydrogens is 420 g/mol. The van der Waals surface area contributed by atoms with Crippen LogP contribution in [0.5, 0.6) is 0 Å². The van der Waals surface area contributed by atoms with Crippen LogP contribution < -0.4 is 10.6 Å². The molecule has 5 nitrogen and oxygen atoms in total. The van der Waals surface area contributed by atoms with Crippen molar-refractivity contribution < 1.29 is 4.39 Å². The van der Waals surface area contributed by atoms with Gasteiger partial charge in [-0.05, 0) is 31.4 Å². The molecule has 0 bridgehead atoms. The number of aliphatic imine (C=N–C) groups is 1. The fourth-order valence-corrected chi connectivity index (χ4v) is 2.22. The summed E-state index contributed by atoms with van der Waals surface area (Å²) in [4.78, 5) is 8.55. The van der Waals surface area contributed by atoms with Gasteiger partial charge in [-0.25, -0.2) is 9.37 Å². The Morgan fingerprint density at radius 2 is 2.12 bits per heavy atom. The number of hydrogen-bond donors (Lipinski definition) is 2. The van der Waals surface area contributed by atoms with Gasteiger partial charge < -0.3 is 15.2 Å². The lowest BCUT2D eigenvalue weighted by atomic mass is 10.1. The van der Waals surface area contributed by atoms with Gasteiger partial charge in [-0.15, -0.1) is 24.0 Å². The maximum atomic E-state index is 13.6. The number of imidazole rings is 1. The summed E-state index contributed by atoms with van der Waals surface area (Å²) in [5.74, 6) is 0.617. The molecule has 0 aliphatic carbocycles. The number of nitrogens with one attached hydrogen (secondary N) is 2. The zero-order chi connectivity index (χ0) is 16.3. The molecule has 2 rings (SSSR count). The van der Waals surface area contributed by atoms with E-state index in [1.807, 2.05) is 36.1 Å². The zero-order valence-corrected chi connectivity index (χ0v) is 16.2. The quantitative estimate of drug-likeness (QED) is 0.285. The van der Waals surface area contributed by atoms with Crippen molar-refractivity contribution in [3.63, 3.8) is 0 Å². The molecule has 2 N–H and O–H groups in total. The van der Waals surface area contributed by atoms with Gasteiger partial charge in [-0.2, -0.15) is 0 Å². The Bertz CT molecular complexity index is 601. The van der Waals surface area contributed by atoms with Crippen molar-refractivity contribution in [2.45, 2.75) is 26.3 Å². The highest BCUT2D eigenvalue weighted by Crippen LogP contribution is 2.06. The predicted octanol–water partition coefficient (Wildman–Crippen LogP) is 2.83. The summed E-state index contributed by atoms with van der Waals surface area (Å²) in [7, 11) is 0. The van der Waals surface area contributed by atoms with E-state index in [9.17, 15) is 4.39 Å². The van der Waals surface area contributed by atoms with Gasteiger partial charge in [0.25, 0.3) is 0 Å². The van der Waals surface area contributed by atoms with Crippen LogP contribution in [0.25, 0.3) is 0 Å². The Labute approximate surface area is 159 Å². The van der Waals surface area contributed by atoms with Crippen LogP contribution in [0.1, 0.15) is 18.9 Å². The largest absolute Gasteiger partial charge is 0.357 e. The number of benzene rings is 1. The van der Waals surface area contributed by atoms with Crippen molar-refractivity contribution in [2.24, 2.45) is 4.99 Å². The van der Waals surface area contributed by atoms with Crippen molar-refractivity contribution in [3.8, 4) is 0 Å². The molecule has 0 atom stereocenters. The highest BCUT2D eigenvalue weighted by molar-refractivity contribution is 14.0. The normalized spacial score (nSPS) is 11.0. The topological polar surface area (TPSA) is 54.2 Å². The highest BCUT2D eigenvalue weighted by atomic mass is 127. The third-order valence-corrected chi connectivity index (χ3v) is 3.39. The average molecular weight is 445 g/mol. The first-order chi connectivity index (χ1) is 11.3. The zero-order valence-electron chi connectivity index (χ0n) is 13.9. The molecule has 1 heterocycles. The predicted molar refractivity (Wildman–Crippen MR) is 106 cm³/mol. The van der Waals surface area contributed by atoms with E-state index in [1.54, 1.807) is 12.3 Å². The summed E-state index contributed by atoms with van der Waals surface area (Å²) in [6, 6.07) is 6.86. The van der Waals surface area contributed by atoms with Crippen molar-refractivity contribution in [3.05, 3.63) is 54.4 Å². The second-order valence-electron chi connectivity index (χ2n) is 5.18. The van der Waals surface area contributed by atoms with Crippen LogP contribution in [0.15, 0.2) is 48.0 Å². The third-order valence-electron chi connectivity index (χ3n) is 3.39. The summed E-state index contributed by atoms with van der Waals surface area (Å²) in [5, 5.41) is 6.45. The van der Waals surface area contributed by atoms with Crippen molar-refractivity contribution in [1.29, 1.82) is 0 Å². The van der Waals surface area contributed by atoms with E-state index < -0.39 is 0 Å². The first-order valence-corrected chi connectivity index (χ1v) is 8.01. The number of aromatic nitrogens is 2. The minimum absolute atomic E-state index is 0. The number of halogens is 2. The molecule has 0 fully saturated rings. The Balaban J connectivity index is 0.00000288. The number of nitrogens with zero attached hydrogens (tertiary/aromatic N) is 3. The molecule has 0 unspecified atom stereocenters. The monoisotopic (exact) mass is 445 g/mol. The number of rotatable bonds is 8. The van der Waals surface area contributed by atoms with E-state index in [4.69, 9.17) is 0 Å². The second kappa shape index (κ2) is 11.8. The lowest BCUT2D eigenvalue weighted by Crippen LogP contribution is -2.38. The van der Waals surface area contributed by atoms with Gasteiger partial charge in [0, 0.05) is 38.6 Å². The fraction of sp³-hybridized carbons (Fsp3) is 0.412. The lowest BCUT2D eigenvalue weighted by molar-refractivity contribution is 0.606. The summed E-state index contributed by atoms with van der Waals surface area (Å²) in [6.45, 7) is 5.10. The highest BCUT2D eigenvalue weighted by Gasteiger charge is 2.01. The van der Waals surface area contributed by atoms with Crippen LogP contribution in [0, 0.1) is 5.82 Å². The third kappa shape index (κ3) is 7.29. The molecule has 0 aliphatic rings. The standard InChI is InChI=1S/C17H24FN5.HI/c1-2-20-17(21-9-5-12-23-13-11-19-14-23)22-10-8-15-6-3-4-7-16(15)18;/h3-4,6-7,11,13-14H,2,5,8-10,12H2,1H3,(H2,20,21,22);1H. The van der Waals surface area contributed by atoms with Gasteiger partial charge in [0.05, 0.1) is 6.33 Å². The molecule has 0 amide bonds. The summed E-state index contributed by atoms with van der Waals surface area (Å²) in [5.41, 5.74) is 0.718. The van der Waals surface area contributed by atoms with Crippen LogP contribution in [0.2, 0.25) is 0 Å². The second-order valence-corrected chi connectivity index (χ2v) is 5.18. The minimum Gasteiger partial charge on any atom is -0.357 e. The van der Waals surface area contributed by atoms with Gasteiger partial charge in [0.2, 0.25) is 0 Å². The van der Waals surface area contributed by atoms with E-state index >= 15 is 0 Å². The molecule has 2 aromatic rings. The van der Waals surface area contributed by atoms with Crippen LogP contribution in [-0.2, 0) is 13.0 Å². The molecule has 132 valence electrons. The molecule has 0 aliphatic heterocycles. The van der Waals surface area contributed by atoms with Gasteiger partial charge in [0.1, 0.15) is 5.82 Å². The first-order valence-electron chi connectivity index (χ1n) is 8.01. The van der Waals surface area contributed by atoms with E-state index in [2.05, 4.69) is 20.6 Å². The summed E-state index contributed by atoms with van der Waals surface area (Å²) < 4.78 is 15.6. The van der Waals surface area contributed by atoms with E-state index in [0.717, 1.165) is 37.6 Å². The van der Waals surface area contributed by atoms with Gasteiger partial charge in [-0.1, -0.05) is 18.2 Å². The Morgan fingerprint density at radius 3 is 2.83 bits per heavy atom. The van der Waals surface area contributed by atoms with Gasteiger partial charge in [-0.3, -0.25) is 4.99 Å². The van der Waals surface area contributed by atoms with E-state index in [0.29, 0.717) is 13.0 Å². The SMILES string of the molecule is CCNC(=NCCCn1ccnc1)NCCc1ccccc1F.I. The molecule has 1 aromatic carbocycles. The maximum Gasteiger partial charge on any atom is 0.191 e. The Morgan fingerprint density at radius 1 is 1.29 bits per heavy atom. The van der Waals surface area contributed by atoms with E-state index in [1.165, 1.54) is 6.07 Å². The minimum atomic E-state index is -0.156. The smallest absolute Gasteiger partial charge is 0.191 e. The molecule has 7 heteroatoms. The molecule has 0 spiro atoms. The van der Waals surface area contributed by atoms with Gasteiger partial charge in [0.15, 0.2) is 5.96 Å². The van der Waals surface area contributed by atoms with Crippen LogP contribution in [0.3, 0.4) is 0 Å². The summed E-state index contributed by atoms with van der Waals surface area (Å²) >= 11 is 0. The fourth-order valence-electron chi connectivity index (χ4n) is 2.22. The molecular formula is C17H25FIN5. The molecule has 0 saturated heterocycles. The van der Waals surface area contributed by atoms with Crippen molar-refractivity contribution in [1.82, 2.24) is 20.2 Å². The maximum absolute atomic E-state index is 13.6. The van der Waals surface area contributed by atoms with Crippen molar-refractivity contribution >= 4 is 29.9 Å². The molecule has 1 aromatic heterocycles. The number of aryl methyl sites for hydroxylation is 1.